The summed E-state index contributed by atoms with van der Waals surface area (Å²) in [5.41, 5.74) is 1.78. The van der Waals surface area contributed by atoms with Gasteiger partial charge in [0.25, 0.3) is 0 Å². The molecule has 20 heavy (non-hydrogen) atoms. The summed E-state index contributed by atoms with van der Waals surface area (Å²) in [4.78, 5) is 4.55. The third kappa shape index (κ3) is 2.80. The van der Waals surface area contributed by atoms with E-state index in [4.69, 9.17) is 4.74 Å². The van der Waals surface area contributed by atoms with Crippen molar-refractivity contribution in [3.8, 4) is 5.75 Å². The van der Waals surface area contributed by atoms with Crippen LogP contribution in [0.15, 0.2) is 24.5 Å². The van der Waals surface area contributed by atoms with Crippen LogP contribution >= 0.6 is 0 Å². The smallest absolute Gasteiger partial charge is 0.150 e. The molecular weight excluding hydrogens is 276 g/mol. The van der Waals surface area contributed by atoms with Gasteiger partial charge >= 0.3 is 0 Å². The van der Waals surface area contributed by atoms with Crippen LogP contribution in [0.5, 0.6) is 5.75 Å². The second kappa shape index (κ2) is 5.09. The molecule has 3 heterocycles. The van der Waals surface area contributed by atoms with Crippen molar-refractivity contribution >= 4 is 15.5 Å². The number of sulfone groups is 1. The van der Waals surface area contributed by atoms with Gasteiger partial charge in [-0.3, -0.25) is 0 Å². The number of aromatic nitrogens is 2. The predicted octanol–water partition coefficient (Wildman–Crippen LogP) is 1.71. The Kier molecular flexibility index (Phi) is 3.41. The zero-order valence-corrected chi connectivity index (χ0v) is 12.3. The first-order valence-electron chi connectivity index (χ1n) is 6.78. The maximum Gasteiger partial charge on any atom is 0.150 e. The van der Waals surface area contributed by atoms with Crippen molar-refractivity contribution in [1.82, 2.24) is 9.38 Å². The quantitative estimate of drug-likeness (QED) is 0.864. The Morgan fingerprint density at radius 3 is 3.10 bits per heavy atom. The molecule has 1 atom stereocenters. The summed E-state index contributed by atoms with van der Waals surface area (Å²) in [5, 5.41) is 0. The Labute approximate surface area is 118 Å². The molecule has 0 N–H and O–H groups in total. The lowest BCUT2D eigenvalue weighted by molar-refractivity contribution is 0.414. The molecule has 3 rings (SSSR count). The summed E-state index contributed by atoms with van der Waals surface area (Å²) >= 11 is 0. The van der Waals surface area contributed by atoms with Gasteiger partial charge in [0.15, 0.2) is 9.84 Å². The first kappa shape index (κ1) is 13.4. The monoisotopic (exact) mass is 294 g/mol. The maximum atomic E-state index is 11.7. The summed E-state index contributed by atoms with van der Waals surface area (Å²) in [7, 11) is -1.22. The maximum absolute atomic E-state index is 11.7. The normalized spacial score (nSPS) is 21.9. The third-order valence-electron chi connectivity index (χ3n) is 3.77. The minimum Gasteiger partial charge on any atom is -0.497 e. The van der Waals surface area contributed by atoms with Crippen LogP contribution < -0.4 is 4.74 Å². The van der Waals surface area contributed by atoms with Gasteiger partial charge in [0.1, 0.15) is 11.4 Å². The van der Waals surface area contributed by atoms with Crippen molar-refractivity contribution < 1.29 is 13.2 Å². The number of nitrogens with zero attached hydrogens (tertiary/aromatic N) is 2. The molecule has 1 unspecified atom stereocenters. The molecule has 0 aliphatic carbocycles. The lowest BCUT2D eigenvalue weighted by atomic mass is 10.00. The Hall–Kier alpha value is -1.56. The Morgan fingerprint density at radius 1 is 1.50 bits per heavy atom. The lowest BCUT2D eigenvalue weighted by Crippen LogP contribution is -2.26. The molecule has 0 spiro atoms. The summed E-state index contributed by atoms with van der Waals surface area (Å²) in [6.07, 6.45) is 6.34. The Bertz CT molecular complexity index is 721. The molecule has 108 valence electrons. The number of methoxy groups -OCH3 is 1. The van der Waals surface area contributed by atoms with Crippen LogP contribution in [0.2, 0.25) is 0 Å². The van der Waals surface area contributed by atoms with E-state index < -0.39 is 9.84 Å². The highest BCUT2D eigenvalue weighted by molar-refractivity contribution is 7.91. The lowest BCUT2D eigenvalue weighted by Gasteiger charge is -2.20. The zero-order valence-electron chi connectivity index (χ0n) is 11.4. The standard InChI is InChI=1S/C14H18N2O3S/c1-19-13-4-5-16-9-12(15-14(16)8-13)7-11-3-2-6-20(17,18)10-11/h4-5,8-9,11H,2-3,6-7,10H2,1H3. The highest BCUT2D eigenvalue weighted by Crippen LogP contribution is 2.23. The van der Waals surface area contributed by atoms with Gasteiger partial charge in [0.05, 0.1) is 24.3 Å². The van der Waals surface area contributed by atoms with Crippen LogP contribution in [0.25, 0.3) is 5.65 Å². The van der Waals surface area contributed by atoms with Gasteiger partial charge in [-0.2, -0.15) is 0 Å². The molecule has 0 saturated carbocycles. The average Bonchev–Trinajstić information content (AvgIpc) is 2.78. The van der Waals surface area contributed by atoms with Gasteiger partial charge in [0.2, 0.25) is 0 Å². The minimum atomic E-state index is -2.85. The second-order valence-electron chi connectivity index (χ2n) is 5.39. The summed E-state index contributed by atoms with van der Waals surface area (Å²) in [6.45, 7) is 0. The van der Waals surface area contributed by atoms with E-state index in [1.54, 1.807) is 7.11 Å². The number of rotatable bonds is 3. The first-order chi connectivity index (χ1) is 9.55. The van der Waals surface area contributed by atoms with Crippen LogP contribution in [0.3, 0.4) is 0 Å². The van der Waals surface area contributed by atoms with Crippen LogP contribution in [0.1, 0.15) is 18.5 Å². The van der Waals surface area contributed by atoms with Gasteiger partial charge in [-0.05, 0) is 31.2 Å². The van der Waals surface area contributed by atoms with Crippen molar-refractivity contribution in [3.63, 3.8) is 0 Å². The molecule has 2 aromatic heterocycles. The van der Waals surface area contributed by atoms with Gasteiger partial charge in [-0.15, -0.1) is 0 Å². The van der Waals surface area contributed by atoms with E-state index in [0.717, 1.165) is 36.4 Å². The van der Waals surface area contributed by atoms with Crippen molar-refractivity contribution in [1.29, 1.82) is 0 Å². The molecule has 0 aromatic carbocycles. The van der Waals surface area contributed by atoms with Gasteiger partial charge < -0.3 is 9.14 Å². The minimum absolute atomic E-state index is 0.195. The fraction of sp³-hybridized carbons (Fsp3) is 0.500. The molecule has 2 aromatic rings. The molecule has 6 heteroatoms. The van der Waals surface area contributed by atoms with Crippen molar-refractivity contribution in [2.24, 2.45) is 5.92 Å². The molecule has 5 nitrogen and oxygen atoms in total. The fourth-order valence-corrected chi connectivity index (χ4v) is 4.59. The van der Waals surface area contributed by atoms with Crippen LogP contribution in [-0.4, -0.2) is 36.4 Å². The largest absolute Gasteiger partial charge is 0.497 e. The number of pyridine rings is 1. The van der Waals surface area contributed by atoms with E-state index in [1.807, 2.05) is 28.9 Å². The zero-order chi connectivity index (χ0) is 14.2. The second-order valence-corrected chi connectivity index (χ2v) is 7.62. The number of fused-ring (bicyclic) bond motifs is 1. The third-order valence-corrected chi connectivity index (χ3v) is 5.66. The van der Waals surface area contributed by atoms with Crippen molar-refractivity contribution in [3.05, 3.63) is 30.2 Å². The number of imidazole rings is 1. The topological polar surface area (TPSA) is 60.7 Å². The van der Waals surface area contributed by atoms with Crippen LogP contribution in [0, 0.1) is 5.92 Å². The van der Waals surface area contributed by atoms with E-state index in [-0.39, 0.29) is 5.92 Å². The van der Waals surface area contributed by atoms with Crippen molar-refractivity contribution in [2.45, 2.75) is 19.3 Å². The van der Waals surface area contributed by atoms with E-state index in [0.29, 0.717) is 11.5 Å². The highest BCUT2D eigenvalue weighted by Gasteiger charge is 2.25. The van der Waals surface area contributed by atoms with Crippen molar-refractivity contribution in [2.75, 3.05) is 18.6 Å². The fourth-order valence-electron chi connectivity index (χ4n) is 2.82. The Balaban J connectivity index is 1.80. The van der Waals surface area contributed by atoms with Crippen LogP contribution in [0.4, 0.5) is 0 Å². The summed E-state index contributed by atoms with van der Waals surface area (Å²) in [5.74, 6) is 1.60. The van der Waals surface area contributed by atoms with Crippen LogP contribution in [-0.2, 0) is 16.3 Å². The molecule has 1 saturated heterocycles. The molecule has 0 bridgehead atoms. The average molecular weight is 294 g/mol. The summed E-state index contributed by atoms with van der Waals surface area (Å²) < 4.78 is 30.4. The SMILES string of the molecule is COc1ccn2cc(CC3CCCS(=O)(=O)C3)nc2c1. The molecule has 0 radical (unpaired) electrons. The molecule has 1 fully saturated rings. The van der Waals surface area contributed by atoms with Gasteiger partial charge in [-0.25, -0.2) is 13.4 Å². The Morgan fingerprint density at radius 2 is 2.35 bits per heavy atom. The van der Waals surface area contributed by atoms with E-state index in [1.165, 1.54) is 0 Å². The van der Waals surface area contributed by atoms with E-state index in [2.05, 4.69) is 4.98 Å². The molecule has 1 aliphatic rings. The predicted molar refractivity (Wildman–Crippen MR) is 76.8 cm³/mol. The molecule has 0 amide bonds. The van der Waals surface area contributed by atoms with Gasteiger partial charge in [-0.1, -0.05) is 0 Å². The number of hydrogen-bond acceptors (Lipinski definition) is 4. The van der Waals surface area contributed by atoms with E-state index >= 15 is 0 Å². The first-order valence-corrected chi connectivity index (χ1v) is 8.60. The van der Waals surface area contributed by atoms with E-state index in [9.17, 15) is 8.42 Å². The molecule has 1 aliphatic heterocycles. The number of hydrogen-bond donors (Lipinski definition) is 0. The highest BCUT2D eigenvalue weighted by atomic mass is 32.2. The molecular formula is C14H18N2O3S. The van der Waals surface area contributed by atoms with Gasteiger partial charge in [0, 0.05) is 18.5 Å². The summed E-state index contributed by atoms with van der Waals surface area (Å²) in [6, 6.07) is 3.75. The number of ether oxygens (including phenoxy) is 1.